The molecule has 78 valence electrons. The Labute approximate surface area is 88.3 Å². The maximum Gasteiger partial charge on any atom is 0.210 e. The Balaban J connectivity index is 2.91. The fourth-order valence-corrected chi connectivity index (χ4v) is 1.40. The van der Waals surface area contributed by atoms with E-state index in [1.807, 2.05) is 13.8 Å². The highest BCUT2D eigenvalue weighted by molar-refractivity contribution is 6.44. The van der Waals surface area contributed by atoms with Crippen molar-refractivity contribution in [2.75, 3.05) is 7.11 Å². The molecule has 1 aliphatic rings. The predicted molar refractivity (Wildman–Crippen MR) is 54.0 cm³/mol. The van der Waals surface area contributed by atoms with E-state index in [0.29, 0.717) is 0 Å². The van der Waals surface area contributed by atoms with Gasteiger partial charge in [0.1, 0.15) is 0 Å². The first-order valence-electron chi connectivity index (χ1n) is 4.34. The van der Waals surface area contributed by atoms with Crippen LogP contribution in [0.2, 0.25) is 0 Å². The van der Waals surface area contributed by atoms with Crippen LogP contribution in [0.1, 0.15) is 13.8 Å². The molecule has 0 radical (unpaired) electrons. The molecule has 0 heterocycles. The normalized spacial score (nSPS) is 26.9. The molecule has 0 saturated heterocycles. The zero-order valence-corrected chi connectivity index (χ0v) is 9.17. The number of hydrogen-bond acceptors (Lipinski definition) is 3. The summed E-state index contributed by atoms with van der Waals surface area (Å²) in [5.74, 6) is -1.23. The van der Waals surface area contributed by atoms with Crippen LogP contribution in [0.25, 0.3) is 0 Å². The highest BCUT2D eigenvalue weighted by atomic mass is 35.5. The molecule has 0 N–H and O–H groups in total. The third kappa shape index (κ3) is 2.44. The molecule has 0 aromatic carbocycles. The summed E-state index contributed by atoms with van der Waals surface area (Å²) in [6.07, 6.45) is 4.36. The Kier molecular flexibility index (Phi) is 3.48. The number of carbonyl (C=O) groups is 1. The van der Waals surface area contributed by atoms with Crippen molar-refractivity contribution in [3.05, 3.63) is 23.3 Å². The number of carbonyl (C=O) groups excluding carboxylic acids is 1. The number of ether oxygens (including phenoxy) is 2. The number of hydrogen-bond donors (Lipinski definition) is 0. The van der Waals surface area contributed by atoms with Crippen molar-refractivity contribution >= 4 is 17.4 Å². The van der Waals surface area contributed by atoms with Crippen LogP contribution in [-0.4, -0.2) is 24.8 Å². The third-order valence-corrected chi connectivity index (χ3v) is 2.06. The summed E-state index contributed by atoms with van der Waals surface area (Å²) < 4.78 is 10.7. The van der Waals surface area contributed by atoms with Crippen molar-refractivity contribution < 1.29 is 14.3 Å². The third-order valence-electron chi connectivity index (χ3n) is 1.77. The van der Waals surface area contributed by atoms with E-state index >= 15 is 0 Å². The molecule has 1 rings (SSSR count). The zero-order valence-electron chi connectivity index (χ0n) is 8.41. The molecule has 4 heteroatoms. The minimum absolute atomic E-state index is 0.0199. The van der Waals surface area contributed by atoms with E-state index in [2.05, 4.69) is 0 Å². The van der Waals surface area contributed by atoms with Crippen LogP contribution >= 0.6 is 11.6 Å². The molecule has 0 spiro atoms. The smallest absolute Gasteiger partial charge is 0.210 e. The fraction of sp³-hybridized carbons (Fsp3) is 0.500. The van der Waals surface area contributed by atoms with Crippen molar-refractivity contribution in [3.63, 3.8) is 0 Å². The molecule has 1 unspecified atom stereocenters. The second-order valence-corrected chi connectivity index (χ2v) is 3.69. The monoisotopic (exact) mass is 216 g/mol. The van der Waals surface area contributed by atoms with Crippen molar-refractivity contribution in [2.45, 2.75) is 25.7 Å². The summed E-state index contributed by atoms with van der Waals surface area (Å²) in [6.45, 7) is 3.76. The van der Waals surface area contributed by atoms with Crippen molar-refractivity contribution in [1.82, 2.24) is 0 Å². The minimum Gasteiger partial charge on any atom is -0.346 e. The van der Waals surface area contributed by atoms with E-state index in [1.54, 1.807) is 6.08 Å². The molecule has 0 aromatic rings. The molecular weight excluding hydrogens is 204 g/mol. The van der Waals surface area contributed by atoms with Gasteiger partial charge in [-0.25, -0.2) is 0 Å². The average Bonchev–Trinajstić information content (AvgIpc) is 2.11. The van der Waals surface area contributed by atoms with Crippen LogP contribution in [0.4, 0.5) is 0 Å². The van der Waals surface area contributed by atoms with Crippen molar-refractivity contribution in [1.29, 1.82) is 0 Å². The highest BCUT2D eigenvalue weighted by Crippen LogP contribution is 2.26. The Bertz CT molecular complexity index is 294. The first-order valence-corrected chi connectivity index (χ1v) is 4.72. The average molecular weight is 217 g/mol. The van der Waals surface area contributed by atoms with Gasteiger partial charge in [-0.2, -0.15) is 0 Å². The molecule has 0 saturated carbocycles. The van der Waals surface area contributed by atoms with E-state index in [1.165, 1.54) is 19.3 Å². The van der Waals surface area contributed by atoms with E-state index in [0.717, 1.165) is 0 Å². The van der Waals surface area contributed by atoms with Gasteiger partial charge in [0, 0.05) is 13.2 Å². The lowest BCUT2D eigenvalue weighted by Crippen LogP contribution is -2.35. The first kappa shape index (κ1) is 11.4. The minimum atomic E-state index is -1.00. The van der Waals surface area contributed by atoms with Gasteiger partial charge < -0.3 is 9.47 Å². The van der Waals surface area contributed by atoms with Crippen molar-refractivity contribution in [2.24, 2.45) is 0 Å². The van der Waals surface area contributed by atoms with Gasteiger partial charge in [-0.1, -0.05) is 11.6 Å². The van der Waals surface area contributed by atoms with Crippen LogP contribution in [0.3, 0.4) is 0 Å². The lowest BCUT2D eigenvalue weighted by Gasteiger charge is -2.30. The molecule has 0 bridgehead atoms. The van der Waals surface area contributed by atoms with Gasteiger partial charge in [-0.15, -0.1) is 0 Å². The molecule has 1 atom stereocenters. The Hall–Kier alpha value is -0.640. The molecular formula is C10H13ClO3. The van der Waals surface area contributed by atoms with Gasteiger partial charge in [0.2, 0.25) is 5.79 Å². The Morgan fingerprint density at radius 2 is 2.14 bits per heavy atom. The second kappa shape index (κ2) is 4.26. The van der Waals surface area contributed by atoms with Crippen LogP contribution in [-0.2, 0) is 14.3 Å². The lowest BCUT2D eigenvalue weighted by molar-refractivity contribution is -0.176. The summed E-state index contributed by atoms with van der Waals surface area (Å²) in [4.78, 5) is 11.1. The van der Waals surface area contributed by atoms with E-state index < -0.39 is 5.79 Å². The predicted octanol–water partition coefficient (Wildman–Crippen LogP) is 2.02. The Morgan fingerprint density at radius 3 is 2.57 bits per heavy atom. The molecule has 0 amide bonds. The molecule has 0 aromatic heterocycles. The van der Waals surface area contributed by atoms with E-state index in [-0.39, 0.29) is 16.9 Å². The van der Waals surface area contributed by atoms with Crippen LogP contribution < -0.4 is 0 Å². The van der Waals surface area contributed by atoms with Crippen LogP contribution in [0.5, 0.6) is 0 Å². The highest BCUT2D eigenvalue weighted by Gasteiger charge is 2.31. The molecule has 1 aliphatic carbocycles. The number of allylic oxidation sites excluding steroid dienone is 2. The Morgan fingerprint density at radius 1 is 1.50 bits per heavy atom. The maximum atomic E-state index is 11.1. The second-order valence-electron chi connectivity index (χ2n) is 3.28. The molecule has 14 heavy (non-hydrogen) atoms. The number of rotatable bonds is 3. The quantitative estimate of drug-likeness (QED) is 0.677. The summed E-state index contributed by atoms with van der Waals surface area (Å²) in [7, 11) is 1.50. The molecule has 0 fully saturated rings. The van der Waals surface area contributed by atoms with E-state index in [9.17, 15) is 4.79 Å². The van der Waals surface area contributed by atoms with Gasteiger partial charge >= 0.3 is 0 Å². The van der Waals surface area contributed by atoms with Gasteiger partial charge in [0.15, 0.2) is 5.78 Å². The van der Waals surface area contributed by atoms with Crippen LogP contribution in [0.15, 0.2) is 23.3 Å². The first-order chi connectivity index (χ1) is 6.49. The van der Waals surface area contributed by atoms with Gasteiger partial charge in [-0.3, -0.25) is 4.79 Å². The topological polar surface area (TPSA) is 35.5 Å². The fourth-order valence-electron chi connectivity index (χ4n) is 1.18. The summed E-state index contributed by atoms with van der Waals surface area (Å²) in [6, 6.07) is 0. The van der Waals surface area contributed by atoms with Crippen LogP contribution in [0, 0.1) is 0 Å². The van der Waals surface area contributed by atoms with Crippen molar-refractivity contribution in [3.8, 4) is 0 Å². The zero-order chi connectivity index (χ0) is 10.8. The molecule has 3 nitrogen and oxygen atoms in total. The standard InChI is InChI=1S/C10H13ClO3/c1-7(2)14-10(13-3)5-4-9(12)8(11)6-10/h4-7H,1-3H3. The van der Waals surface area contributed by atoms with Gasteiger partial charge in [-0.05, 0) is 26.0 Å². The SMILES string of the molecule is COC1(OC(C)C)C=CC(=O)C(Cl)=C1. The number of halogens is 1. The van der Waals surface area contributed by atoms with E-state index in [4.69, 9.17) is 21.1 Å². The largest absolute Gasteiger partial charge is 0.346 e. The summed E-state index contributed by atoms with van der Waals surface area (Å²) in [5, 5.41) is 0.120. The molecule has 0 aliphatic heterocycles. The maximum absolute atomic E-state index is 11.1. The van der Waals surface area contributed by atoms with Gasteiger partial charge in [0.05, 0.1) is 11.1 Å². The van der Waals surface area contributed by atoms with Gasteiger partial charge in [0.25, 0.3) is 0 Å². The number of ketones is 1. The lowest BCUT2D eigenvalue weighted by atomic mass is 10.1. The number of methoxy groups -OCH3 is 1. The summed E-state index contributed by atoms with van der Waals surface area (Å²) >= 11 is 5.71. The summed E-state index contributed by atoms with van der Waals surface area (Å²) in [5.41, 5.74) is 0.